The van der Waals surface area contributed by atoms with Gasteiger partial charge in [-0.1, -0.05) is 0 Å². The van der Waals surface area contributed by atoms with Crippen molar-refractivity contribution in [1.29, 1.82) is 0 Å². The van der Waals surface area contributed by atoms with E-state index in [0.717, 1.165) is 7.11 Å². The first-order valence-electron chi connectivity index (χ1n) is 2.95. The van der Waals surface area contributed by atoms with E-state index in [-0.39, 0.29) is 0 Å². The van der Waals surface area contributed by atoms with Gasteiger partial charge in [-0.15, -0.1) is 0 Å². The third kappa shape index (κ3) is 1.04. The van der Waals surface area contributed by atoms with Crippen molar-refractivity contribution in [3.05, 3.63) is 0 Å². The molecule has 1 aliphatic heterocycles. The van der Waals surface area contributed by atoms with Gasteiger partial charge in [-0.05, 0) is 0 Å². The molecule has 0 unspecified atom stereocenters. The minimum absolute atomic E-state index is 0.967. The lowest BCUT2D eigenvalue weighted by atomic mass is 10.2. The van der Waals surface area contributed by atoms with Crippen LogP contribution in [0.4, 0.5) is 4.79 Å². The van der Waals surface area contributed by atoms with Crippen molar-refractivity contribution in [2.24, 2.45) is 0 Å². The molecule has 1 saturated heterocycles. The zero-order chi connectivity index (χ0) is 9.35. The van der Waals surface area contributed by atoms with Crippen molar-refractivity contribution >= 4 is 17.8 Å². The van der Waals surface area contributed by atoms with Gasteiger partial charge in [0.05, 0.1) is 0 Å². The average Bonchev–Trinajstić information content (AvgIpc) is 2.00. The Morgan fingerprint density at radius 3 is 2.00 bits per heavy atom. The second-order valence-corrected chi connectivity index (χ2v) is 2.09. The van der Waals surface area contributed by atoms with Crippen LogP contribution in [0.15, 0.2) is 0 Å². The lowest BCUT2D eigenvalue weighted by Gasteiger charge is -2.26. The van der Waals surface area contributed by atoms with Crippen molar-refractivity contribution in [3.8, 4) is 0 Å². The van der Waals surface area contributed by atoms with E-state index in [1.807, 2.05) is 0 Å². The van der Waals surface area contributed by atoms with Crippen LogP contribution in [-0.2, 0) is 14.3 Å². The van der Waals surface area contributed by atoms with E-state index in [9.17, 15) is 14.4 Å². The molecular weight excluding hydrogens is 168 g/mol. The predicted octanol–water partition coefficient (Wildman–Crippen LogP) is -2.31. The Labute approximate surface area is 66.7 Å². The van der Waals surface area contributed by atoms with E-state index < -0.39 is 23.6 Å². The zero-order valence-corrected chi connectivity index (χ0v) is 6.08. The molecule has 0 spiro atoms. The summed E-state index contributed by atoms with van der Waals surface area (Å²) >= 11 is 0. The van der Waals surface area contributed by atoms with Gasteiger partial charge in [0.15, 0.2) is 0 Å². The minimum Gasteiger partial charge on any atom is -0.351 e. The van der Waals surface area contributed by atoms with E-state index in [4.69, 9.17) is 5.11 Å². The van der Waals surface area contributed by atoms with Crippen LogP contribution in [0, 0.1) is 0 Å². The summed E-state index contributed by atoms with van der Waals surface area (Å²) in [6.07, 6.45) is 0. The Morgan fingerprint density at radius 2 is 1.67 bits per heavy atom. The van der Waals surface area contributed by atoms with Gasteiger partial charge in [0.2, 0.25) is 0 Å². The monoisotopic (exact) mass is 174 g/mol. The van der Waals surface area contributed by atoms with E-state index in [2.05, 4.69) is 4.74 Å². The highest BCUT2D eigenvalue weighted by Gasteiger charge is 2.49. The number of aliphatic hydroxyl groups is 1. The molecule has 7 nitrogen and oxygen atoms in total. The fourth-order valence-electron chi connectivity index (χ4n) is 0.695. The van der Waals surface area contributed by atoms with Crippen molar-refractivity contribution < 1.29 is 24.2 Å². The SMILES string of the molecule is COC1(O)C(=O)NC(=O)NC1=O. The summed E-state index contributed by atoms with van der Waals surface area (Å²) in [6.45, 7) is 0. The number of nitrogens with one attached hydrogen (secondary N) is 2. The van der Waals surface area contributed by atoms with Gasteiger partial charge in [0, 0.05) is 7.11 Å². The fourth-order valence-corrected chi connectivity index (χ4v) is 0.695. The molecule has 4 amide bonds. The van der Waals surface area contributed by atoms with E-state index in [0.29, 0.717) is 0 Å². The first-order chi connectivity index (χ1) is 5.50. The molecule has 0 aliphatic carbocycles. The summed E-state index contributed by atoms with van der Waals surface area (Å²) in [7, 11) is 0.967. The van der Waals surface area contributed by atoms with Gasteiger partial charge in [0.25, 0.3) is 11.8 Å². The largest absolute Gasteiger partial charge is 0.351 e. The highest BCUT2D eigenvalue weighted by molar-refractivity contribution is 6.20. The average molecular weight is 174 g/mol. The molecule has 1 rings (SSSR count). The number of amides is 4. The summed E-state index contributed by atoms with van der Waals surface area (Å²) in [4.78, 5) is 32.1. The normalized spacial score (nSPS) is 21.7. The molecule has 1 fully saturated rings. The van der Waals surface area contributed by atoms with Crippen LogP contribution in [0.1, 0.15) is 0 Å². The summed E-state index contributed by atoms with van der Waals surface area (Å²) in [5.74, 6) is -4.99. The summed E-state index contributed by atoms with van der Waals surface area (Å²) in [6, 6.07) is -0.980. The smallest absolute Gasteiger partial charge is 0.329 e. The Morgan fingerprint density at radius 1 is 1.25 bits per heavy atom. The number of hydrogen-bond donors (Lipinski definition) is 3. The van der Waals surface area contributed by atoms with Gasteiger partial charge in [0.1, 0.15) is 0 Å². The van der Waals surface area contributed by atoms with Crippen LogP contribution in [-0.4, -0.2) is 35.8 Å². The zero-order valence-electron chi connectivity index (χ0n) is 6.08. The van der Waals surface area contributed by atoms with Crippen LogP contribution in [0.3, 0.4) is 0 Å². The third-order valence-corrected chi connectivity index (χ3v) is 1.37. The molecule has 7 heteroatoms. The number of carbonyl (C=O) groups is 3. The molecule has 0 aromatic heterocycles. The van der Waals surface area contributed by atoms with Crippen molar-refractivity contribution in [2.75, 3.05) is 7.11 Å². The van der Waals surface area contributed by atoms with Crippen LogP contribution in [0.25, 0.3) is 0 Å². The molecule has 66 valence electrons. The highest BCUT2D eigenvalue weighted by atomic mass is 16.6. The first kappa shape index (κ1) is 8.62. The molecule has 12 heavy (non-hydrogen) atoms. The quantitative estimate of drug-likeness (QED) is 0.306. The third-order valence-electron chi connectivity index (χ3n) is 1.37. The van der Waals surface area contributed by atoms with Gasteiger partial charge in [-0.2, -0.15) is 0 Å². The fraction of sp³-hybridized carbons (Fsp3) is 0.400. The second-order valence-electron chi connectivity index (χ2n) is 2.09. The number of barbiturate groups is 1. The second kappa shape index (κ2) is 2.54. The van der Waals surface area contributed by atoms with Gasteiger partial charge < -0.3 is 9.84 Å². The summed E-state index contributed by atoms with van der Waals surface area (Å²) in [5.41, 5.74) is 0. The first-order valence-corrected chi connectivity index (χ1v) is 2.95. The highest BCUT2D eigenvalue weighted by Crippen LogP contribution is 2.08. The van der Waals surface area contributed by atoms with Crippen LogP contribution in [0.5, 0.6) is 0 Å². The van der Waals surface area contributed by atoms with E-state index in [1.54, 1.807) is 10.6 Å². The Balaban J connectivity index is 2.95. The minimum atomic E-state index is -2.60. The molecule has 0 saturated carbocycles. The number of methoxy groups -OCH3 is 1. The lowest BCUT2D eigenvalue weighted by molar-refractivity contribution is -0.201. The number of ether oxygens (including phenoxy) is 1. The van der Waals surface area contributed by atoms with E-state index >= 15 is 0 Å². The molecule has 3 N–H and O–H groups in total. The summed E-state index contributed by atoms with van der Waals surface area (Å²) < 4.78 is 4.23. The predicted molar refractivity (Wildman–Crippen MR) is 33.6 cm³/mol. The molecule has 0 radical (unpaired) electrons. The molecule has 1 aliphatic rings. The van der Waals surface area contributed by atoms with Crippen LogP contribution >= 0.6 is 0 Å². The van der Waals surface area contributed by atoms with Gasteiger partial charge in [-0.25, -0.2) is 4.79 Å². The van der Waals surface area contributed by atoms with Crippen molar-refractivity contribution in [2.45, 2.75) is 5.79 Å². The number of hydrogen-bond acceptors (Lipinski definition) is 5. The Kier molecular flexibility index (Phi) is 1.82. The maximum absolute atomic E-state index is 10.8. The van der Waals surface area contributed by atoms with Crippen LogP contribution < -0.4 is 10.6 Å². The maximum atomic E-state index is 10.8. The number of imide groups is 2. The molecule has 0 aromatic carbocycles. The maximum Gasteiger partial charge on any atom is 0.329 e. The topological polar surface area (TPSA) is 105 Å². The Hall–Kier alpha value is -1.47. The van der Waals surface area contributed by atoms with Crippen molar-refractivity contribution in [3.63, 3.8) is 0 Å². The number of urea groups is 1. The van der Waals surface area contributed by atoms with Gasteiger partial charge >= 0.3 is 11.8 Å². The van der Waals surface area contributed by atoms with Crippen molar-refractivity contribution in [1.82, 2.24) is 10.6 Å². The molecule has 1 heterocycles. The molecular formula is C5H6N2O5. The van der Waals surface area contributed by atoms with Gasteiger partial charge in [-0.3, -0.25) is 20.2 Å². The summed E-state index contributed by atoms with van der Waals surface area (Å²) in [5, 5.41) is 12.5. The Bertz CT molecular complexity index is 241. The van der Waals surface area contributed by atoms with E-state index in [1.165, 1.54) is 0 Å². The number of carbonyl (C=O) groups excluding carboxylic acids is 3. The standard InChI is InChI=1S/C5H6N2O5/c1-12-5(11)2(8)6-4(10)7-3(5)9/h11H,1H3,(H2,6,7,8,9,10). The molecule has 0 bridgehead atoms. The lowest BCUT2D eigenvalue weighted by Crippen LogP contribution is -2.67. The molecule has 0 atom stereocenters. The molecule has 0 aromatic rings. The van der Waals surface area contributed by atoms with Crippen LogP contribution in [0.2, 0.25) is 0 Å². The number of rotatable bonds is 1.